The maximum Gasteiger partial charge on any atom is 0.150 e. The lowest BCUT2D eigenvalue weighted by Crippen LogP contribution is -2.36. The van der Waals surface area contributed by atoms with Crippen LogP contribution in [0.4, 0.5) is 11.5 Å². The van der Waals surface area contributed by atoms with Gasteiger partial charge in [0.25, 0.3) is 0 Å². The van der Waals surface area contributed by atoms with Gasteiger partial charge in [-0.1, -0.05) is 13.8 Å². The van der Waals surface area contributed by atoms with E-state index in [4.69, 9.17) is 5.73 Å². The van der Waals surface area contributed by atoms with Crippen molar-refractivity contribution in [1.29, 1.82) is 0 Å². The van der Waals surface area contributed by atoms with E-state index in [-0.39, 0.29) is 0 Å². The van der Waals surface area contributed by atoms with Gasteiger partial charge in [0.2, 0.25) is 0 Å². The van der Waals surface area contributed by atoms with Gasteiger partial charge in [0.05, 0.1) is 11.4 Å². The smallest absolute Gasteiger partial charge is 0.150 e. The molecule has 18 heavy (non-hydrogen) atoms. The molecule has 2 N–H and O–H groups in total. The number of aromatic nitrogens is 2. The van der Waals surface area contributed by atoms with Gasteiger partial charge in [-0.3, -0.25) is 4.68 Å². The summed E-state index contributed by atoms with van der Waals surface area (Å²) in [5.74, 6) is 1.64. The van der Waals surface area contributed by atoms with Crippen molar-refractivity contribution in [1.82, 2.24) is 14.7 Å². The number of nitrogens with zero attached hydrogens (tertiary/aromatic N) is 4. The summed E-state index contributed by atoms with van der Waals surface area (Å²) in [6.45, 7) is 9.38. The Kier molecular flexibility index (Phi) is 5.02. The van der Waals surface area contributed by atoms with Crippen LogP contribution in [0.3, 0.4) is 0 Å². The van der Waals surface area contributed by atoms with Gasteiger partial charge in [-0.05, 0) is 26.9 Å². The zero-order valence-electron chi connectivity index (χ0n) is 12.6. The number of anilines is 2. The molecule has 1 aromatic rings. The molecule has 0 fully saturated rings. The molecule has 104 valence electrons. The van der Waals surface area contributed by atoms with Crippen molar-refractivity contribution in [3.8, 4) is 0 Å². The highest BCUT2D eigenvalue weighted by Gasteiger charge is 2.18. The summed E-state index contributed by atoms with van der Waals surface area (Å²) in [5, 5.41) is 4.40. The minimum atomic E-state index is 0.599. The van der Waals surface area contributed by atoms with Crippen LogP contribution in [-0.4, -0.2) is 48.4 Å². The Bertz CT molecular complexity index is 381. The van der Waals surface area contributed by atoms with Crippen LogP contribution in [0.15, 0.2) is 0 Å². The molecule has 1 aromatic heterocycles. The molecular weight excluding hydrogens is 226 g/mol. The standard InChI is InChI=1S/C13H27N5/c1-10(2)9-18(8-7-16(4)5)13-12(14)11(3)15-17(13)6/h10H,7-9,14H2,1-6H3. The summed E-state index contributed by atoms with van der Waals surface area (Å²) < 4.78 is 1.89. The predicted octanol–water partition coefficient (Wildman–Crippen LogP) is 1.33. The Morgan fingerprint density at radius 2 is 1.89 bits per heavy atom. The van der Waals surface area contributed by atoms with E-state index in [1.165, 1.54) is 0 Å². The maximum absolute atomic E-state index is 6.15. The summed E-state index contributed by atoms with van der Waals surface area (Å²) in [6.07, 6.45) is 0. The quantitative estimate of drug-likeness (QED) is 0.831. The van der Waals surface area contributed by atoms with Gasteiger partial charge in [0, 0.05) is 26.7 Å². The lowest BCUT2D eigenvalue weighted by Gasteiger charge is -2.28. The lowest BCUT2D eigenvalue weighted by molar-refractivity contribution is 0.407. The number of likely N-dealkylation sites (N-methyl/N-ethyl adjacent to an activating group) is 1. The number of nitrogen functional groups attached to an aromatic ring is 1. The zero-order valence-corrected chi connectivity index (χ0v) is 12.6. The van der Waals surface area contributed by atoms with Crippen LogP contribution in [0.2, 0.25) is 0 Å². The van der Waals surface area contributed by atoms with Crippen molar-refractivity contribution in [3.63, 3.8) is 0 Å². The predicted molar refractivity (Wildman–Crippen MR) is 78.0 cm³/mol. The Labute approximate surface area is 111 Å². The van der Waals surface area contributed by atoms with Gasteiger partial charge in [0.1, 0.15) is 5.82 Å². The Morgan fingerprint density at radius 1 is 1.28 bits per heavy atom. The fourth-order valence-electron chi connectivity index (χ4n) is 2.08. The van der Waals surface area contributed by atoms with Crippen LogP contribution in [0.25, 0.3) is 0 Å². The van der Waals surface area contributed by atoms with E-state index in [0.29, 0.717) is 5.92 Å². The lowest BCUT2D eigenvalue weighted by atomic mass is 10.2. The van der Waals surface area contributed by atoms with Crippen LogP contribution in [-0.2, 0) is 7.05 Å². The summed E-state index contributed by atoms with van der Waals surface area (Å²) in [7, 11) is 6.14. The largest absolute Gasteiger partial charge is 0.394 e. The van der Waals surface area contributed by atoms with E-state index in [9.17, 15) is 0 Å². The molecule has 0 spiro atoms. The monoisotopic (exact) mass is 253 g/mol. The topological polar surface area (TPSA) is 50.3 Å². The van der Waals surface area contributed by atoms with Gasteiger partial charge in [0.15, 0.2) is 0 Å². The molecule has 0 aliphatic carbocycles. The van der Waals surface area contributed by atoms with Gasteiger partial charge in [-0.2, -0.15) is 5.10 Å². The van der Waals surface area contributed by atoms with E-state index in [2.05, 4.69) is 42.8 Å². The maximum atomic E-state index is 6.15. The molecule has 5 heteroatoms. The van der Waals surface area contributed by atoms with Crippen molar-refractivity contribution < 1.29 is 0 Å². The molecule has 0 unspecified atom stereocenters. The molecule has 0 bridgehead atoms. The highest BCUT2D eigenvalue weighted by Crippen LogP contribution is 2.26. The Balaban J connectivity index is 2.93. The van der Waals surface area contributed by atoms with E-state index in [1.807, 2.05) is 18.7 Å². The average Bonchev–Trinajstić information content (AvgIpc) is 2.48. The van der Waals surface area contributed by atoms with Crippen molar-refractivity contribution in [2.45, 2.75) is 20.8 Å². The summed E-state index contributed by atoms with van der Waals surface area (Å²) >= 11 is 0. The molecule has 1 rings (SSSR count). The van der Waals surface area contributed by atoms with E-state index in [1.54, 1.807) is 0 Å². The summed E-state index contributed by atoms with van der Waals surface area (Å²) in [5.41, 5.74) is 7.86. The first-order valence-electron chi connectivity index (χ1n) is 6.51. The molecule has 0 aliphatic heterocycles. The fourth-order valence-corrected chi connectivity index (χ4v) is 2.08. The molecule has 0 aliphatic rings. The van der Waals surface area contributed by atoms with Gasteiger partial charge in [-0.25, -0.2) is 0 Å². The Hall–Kier alpha value is -1.23. The molecule has 0 saturated carbocycles. The van der Waals surface area contributed by atoms with Crippen LogP contribution < -0.4 is 10.6 Å². The molecule has 0 amide bonds. The van der Waals surface area contributed by atoms with E-state index < -0.39 is 0 Å². The number of rotatable bonds is 6. The minimum absolute atomic E-state index is 0.599. The molecule has 1 heterocycles. The fraction of sp³-hybridized carbons (Fsp3) is 0.769. The van der Waals surface area contributed by atoms with Crippen LogP contribution >= 0.6 is 0 Å². The summed E-state index contributed by atoms with van der Waals surface area (Å²) in [4.78, 5) is 4.52. The van der Waals surface area contributed by atoms with Gasteiger partial charge >= 0.3 is 0 Å². The molecule has 0 radical (unpaired) electrons. The third kappa shape index (κ3) is 3.63. The highest BCUT2D eigenvalue weighted by atomic mass is 15.4. The molecule has 5 nitrogen and oxygen atoms in total. The van der Waals surface area contributed by atoms with Crippen molar-refractivity contribution in [3.05, 3.63) is 5.69 Å². The second kappa shape index (κ2) is 6.09. The third-order valence-corrected chi connectivity index (χ3v) is 2.94. The SMILES string of the molecule is Cc1nn(C)c(N(CCN(C)C)CC(C)C)c1N. The van der Waals surface area contributed by atoms with E-state index in [0.717, 1.165) is 36.8 Å². The first-order chi connectivity index (χ1) is 8.32. The normalized spacial score (nSPS) is 11.6. The number of hydrogen-bond acceptors (Lipinski definition) is 4. The molecule has 0 saturated heterocycles. The summed E-state index contributed by atoms with van der Waals surface area (Å²) in [6, 6.07) is 0. The van der Waals surface area contributed by atoms with Gasteiger partial charge in [-0.15, -0.1) is 0 Å². The minimum Gasteiger partial charge on any atom is -0.394 e. The second-order valence-corrected chi connectivity index (χ2v) is 5.59. The first-order valence-corrected chi connectivity index (χ1v) is 6.51. The van der Waals surface area contributed by atoms with Crippen LogP contribution in [0.5, 0.6) is 0 Å². The third-order valence-electron chi connectivity index (χ3n) is 2.94. The average molecular weight is 253 g/mol. The number of aryl methyl sites for hydroxylation is 2. The second-order valence-electron chi connectivity index (χ2n) is 5.59. The Morgan fingerprint density at radius 3 is 2.28 bits per heavy atom. The van der Waals surface area contributed by atoms with Crippen LogP contribution in [0, 0.1) is 12.8 Å². The number of nitrogens with two attached hydrogens (primary N) is 1. The molecule has 0 aromatic carbocycles. The molecule has 0 atom stereocenters. The first kappa shape index (κ1) is 14.8. The van der Waals surface area contributed by atoms with Crippen LogP contribution in [0.1, 0.15) is 19.5 Å². The highest BCUT2D eigenvalue weighted by molar-refractivity contribution is 5.66. The number of hydrogen-bond donors (Lipinski definition) is 1. The van der Waals surface area contributed by atoms with Crippen molar-refractivity contribution in [2.75, 3.05) is 44.4 Å². The molecular formula is C13H27N5. The van der Waals surface area contributed by atoms with Crippen molar-refractivity contribution in [2.24, 2.45) is 13.0 Å². The van der Waals surface area contributed by atoms with E-state index >= 15 is 0 Å². The van der Waals surface area contributed by atoms with Crippen molar-refractivity contribution >= 4 is 11.5 Å². The zero-order chi connectivity index (χ0) is 13.9. The van der Waals surface area contributed by atoms with Gasteiger partial charge < -0.3 is 15.5 Å².